The Morgan fingerprint density at radius 1 is 1.21 bits per heavy atom. The number of aliphatic hydroxyl groups is 1. The van der Waals surface area contributed by atoms with Gasteiger partial charge in [0.25, 0.3) is 0 Å². The van der Waals surface area contributed by atoms with E-state index in [2.05, 4.69) is 5.32 Å². The fraction of sp³-hybridized carbons (Fsp3) is 0.600. The second kappa shape index (κ2) is 4.84. The van der Waals surface area contributed by atoms with Gasteiger partial charge in [-0.25, -0.2) is 8.78 Å². The van der Waals surface area contributed by atoms with Crippen molar-refractivity contribution in [3.8, 4) is 0 Å². The van der Waals surface area contributed by atoms with Crippen LogP contribution in [0, 0.1) is 17.6 Å². The maximum atomic E-state index is 14.0. The van der Waals surface area contributed by atoms with Crippen LogP contribution in [0.2, 0.25) is 0 Å². The summed E-state index contributed by atoms with van der Waals surface area (Å²) in [5.41, 5.74) is -0.207. The van der Waals surface area contributed by atoms with Crippen molar-refractivity contribution in [1.29, 1.82) is 0 Å². The molecule has 2 N–H and O–H groups in total. The number of rotatable bonds is 1. The van der Waals surface area contributed by atoms with Crippen molar-refractivity contribution in [2.45, 2.75) is 43.7 Å². The predicted octanol–water partition coefficient (Wildman–Crippen LogP) is 2.92. The minimum atomic E-state index is -0.686. The highest BCUT2D eigenvalue weighted by Gasteiger charge is 2.46. The molecule has 1 aromatic rings. The normalized spacial score (nSPS) is 34.9. The third kappa shape index (κ3) is 2.28. The van der Waals surface area contributed by atoms with Gasteiger partial charge in [-0.15, -0.1) is 0 Å². The van der Waals surface area contributed by atoms with Crippen molar-refractivity contribution in [2.24, 2.45) is 5.92 Å². The van der Waals surface area contributed by atoms with Crippen molar-refractivity contribution in [3.05, 3.63) is 35.4 Å². The summed E-state index contributed by atoms with van der Waals surface area (Å²) in [6, 6.07) is 3.51. The third-order valence-corrected chi connectivity index (χ3v) is 4.69. The predicted molar refractivity (Wildman–Crippen MR) is 68.6 cm³/mol. The molecule has 2 aliphatic rings. The first-order valence-corrected chi connectivity index (χ1v) is 7.01. The molecule has 2 fully saturated rings. The average molecular weight is 267 g/mol. The lowest BCUT2D eigenvalue weighted by Crippen LogP contribution is -2.53. The van der Waals surface area contributed by atoms with Gasteiger partial charge in [0.05, 0.1) is 5.60 Å². The van der Waals surface area contributed by atoms with E-state index >= 15 is 0 Å². The van der Waals surface area contributed by atoms with Crippen molar-refractivity contribution >= 4 is 0 Å². The summed E-state index contributed by atoms with van der Waals surface area (Å²) in [7, 11) is 0. The molecule has 19 heavy (non-hydrogen) atoms. The Bertz CT molecular complexity index is 475. The van der Waals surface area contributed by atoms with Crippen molar-refractivity contribution < 1.29 is 13.9 Å². The first kappa shape index (κ1) is 13.0. The molecule has 0 bridgehead atoms. The summed E-state index contributed by atoms with van der Waals surface area (Å²) in [6.07, 6.45) is 4.50. The van der Waals surface area contributed by atoms with Gasteiger partial charge in [0.2, 0.25) is 0 Å². The zero-order valence-electron chi connectivity index (χ0n) is 10.8. The molecule has 1 aromatic carbocycles. The molecular weight excluding hydrogens is 248 g/mol. The highest BCUT2D eigenvalue weighted by atomic mass is 19.1. The Morgan fingerprint density at radius 3 is 2.84 bits per heavy atom. The lowest BCUT2D eigenvalue weighted by Gasteiger charge is -2.48. The Kier molecular flexibility index (Phi) is 3.31. The van der Waals surface area contributed by atoms with Crippen LogP contribution in [-0.2, 0) is 0 Å². The number of halogens is 2. The molecule has 3 rings (SSSR count). The zero-order chi connectivity index (χ0) is 13.5. The van der Waals surface area contributed by atoms with Crippen LogP contribution >= 0.6 is 0 Å². The molecule has 1 saturated heterocycles. The SMILES string of the molecule is O[C@]12CCCC[C@@H]1[C@H](c1ccc(F)cc1F)NCC2. The van der Waals surface area contributed by atoms with E-state index in [-0.39, 0.29) is 12.0 Å². The summed E-state index contributed by atoms with van der Waals surface area (Å²) >= 11 is 0. The van der Waals surface area contributed by atoms with Crippen LogP contribution in [0.15, 0.2) is 18.2 Å². The number of fused-ring (bicyclic) bond motifs is 1. The Hall–Kier alpha value is -1.00. The number of hydrogen-bond acceptors (Lipinski definition) is 2. The second-order valence-corrected chi connectivity index (χ2v) is 5.80. The van der Waals surface area contributed by atoms with E-state index in [1.807, 2.05) is 0 Å². The minimum absolute atomic E-state index is 0.0231. The number of nitrogens with one attached hydrogen (secondary N) is 1. The molecule has 1 heterocycles. The fourth-order valence-corrected chi connectivity index (χ4v) is 3.70. The van der Waals surface area contributed by atoms with Gasteiger partial charge in [0, 0.05) is 23.6 Å². The number of piperidine rings is 1. The van der Waals surface area contributed by atoms with Gasteiger partial charge in [-0.2, -0.15) is 0 Å². The van der Waals surface area contributed by atoms with Gasteiger partial charge in [0.15, 0.2) is 0 Å². The number of benzene rings is 1. The molecule has 0 aromatic heterocycles. The van der Waals surface area contributed by atoms with Gasteiger partial charge < -0.3 is 10.4 Å². The molecule has 1 aliphatic heterocycles. The lowest BCUT2D eigenvalue weighted by molar-refractivity contribution is -0.0865. The van der Waals surface area contributed by atoms with Crippen LogP contribution in [-0.4, -0.2) is 17.3 Å². The van der Waals surface area contributed by atoms with E-state index in [1.54, 1.807) is 0 Å². The van der Waals surface area contributed by atoms with E-state index in [0.29, 0.717) is 12.1 Å². The van der Waals surface area contributed by atoms with Gasteiger partial charge in [-0.1, -0.05) is 18.9 Å². The van der Waals surface area contributed by atoms with Crippen LogP contribution in [0.1, 0.15) is 43.7 Å². The standard InChI is InChI=1S/C15H19F2NO/c16-10-4-5-11(13(17)9-10)14-12-3-1-2-6-15(12,19)7-8-18-14/h4-5,9,12,14,18-19H,1-3,6-8H2/t12-,14+,15+/m1/s1. The molecule has 1 saturated carbocycles. The molecule has 0 spiro atoms. The maximum absolute atomic E-state index is 14.0. The van der Waals surface area contributed by atoms with Crippen LogP contribution in [0.3, 0.4) is 0 Å². The van der Waals surface area contributed by atoms with E-state index in [0.717, 1.165) is 38.2 Å². The van der Waals surface area contributed by atoms with Gasteiger partial charge in [-0.3, -0.25) is 0 Å². The van der Waals surface area contributed by atoms with Gasteiger partial charge in [-0.05, 0) is 31.9 Å². The summed E-state index contributed by atoms with van der Waals surface area (Å²) in [6.45, 7) is 0.675. The monoisotopic (exact) mass is 267 g/mol. The Balaban J connectivity index is 1.94. The highest BCUT2D eigenvalue weighted by molar-refractivity contribution is 5.25. The van der Waals surface area contributed by atoms with Crippen LogP contribution in [0.25, 0.3) is 0 Å². The van der Waals surface area contributed by atoms with E-state index in [9.17, 15) is 13.9 Å². The summed E-state index contributed by atoms with van der Waals surface area (Å²) < 4.78 is 27.0. The molecule has 1 aliphatic carbocycles. The van der Waals surface area contributed by atoms with E-state index in [1.165, 1.54) is 12.1 Å². The molecule has 0 unspecified atom stereocenters. The maximum Gasteiger partial charge on any atom is 0.130 e. The van der Waals surface area contributed by atoms with Crippen LogP contribution < -0.4 is 5.32 Å². The lowest BCUT2D eigenvalue weighted by atomic mass is 9.67. The largest absolute Gasteiger partial charge is 0.389 e. The number of hydrogen-bond donors (Lipinski definition) is 2. The molecule has 0 radical (unpaired) electrons. The summed E-state index contributed by atoms with van der Waals surface area (Å²) in [4.78, 5) is 0. The first-order chi connectivity index (χ1) is 9.10. The van der Waals surface area contributed by atoms with Crippen molar-refractivity contribution in [2.75, 3.05) is 6.54 Å². The average Bonchev–Trinajstić information content (AvgIpc) is 2.37. The smallest absolute Gasteiger partial charge is 0.130 e. The quantitative estimate of drug-likeness (QED) is 0.820. The minimum Gasteiger partial charge on any atom is -0.389 e. The molecule has 104 valence electrons. The fourth-order valence-electron chi connectivity index (χ4n) is 3.70. The van der Waals surface area contributed by atoms with Gasteiger partial charge in [0.1, 0.15) is 11.6 Å². The third-order valence-electron chi connectivity index (χ3n) is 4.69. The van der Waals surface area contributed by atoms with E-state index < -0.39 is 17.2 Å². The van der Waals surface area contributed by atoms with Crippen molar-refractivity contribution in [3.63, 3.8) is 0 Å². The summed E-state index contributed by atoms with van der Waals surface area (Å²) in [5, 5.41) is 14.0. The Morgan fingerprint density at radius 2 is 2.05 bits per heavy atom. The van der Waals surface area contributed by atoms with Gasteiger partial charge >= 0.3 is 0 Å². The first-order valence-electron chi connectivity index (χ1n) is 7.01. The molecule has 2 nitrogen and oxygen atoms in total. The molecule has 4 heteroatoms. The van der Waals surface area contributed by atoms with Crippen molar-refractivity contribution in [1.82, 2.24) is 5.32 Å². The van der Waals surface area contributed by atoms with Crippen LogP contribution in [0.4, 0.5) is 8.78 Å². The highest BCUT2D eigenvalue weighted by Crippen LogP contribution is 2.45. The second-order valence-electron chi connectivity index (χ2n) is 5.80. The molecule has 0 amide bonds. The topological polar surface area (TPSA) is 32.3 Å². The summed E-state index contributed by atoms with van der Waals surface area (Å²) in [5.74, 6) is -1.06. The molecular formula is C15H19F2NO. The Labute approximate surface area is 111 Å². The van der Waals surface area contributed by atoms with E-state index in [4.69, 9.17) is 0 Å². The zero-order valence-corrected chi connectivity index (χ0v) is 10.8. The van der Waals surface area contributed by atoms with Crippen LogP contribution in [0.5, 0.6) is 0 Å². The molecule has 3 atom stereocenters.